The summed E-state index contributed by atoms with van der Waals surface area (Å²) in [7, 11) is -7.80. The third-order valence-electron chi connectivity index (χ3n) is 11.4. The molecule has 6 unspecified atom stereocenters. The van der Waals surface area contributed by atoms with E-state index < -0.39 is 42.4 Å². The fourth-order valence-corrected chi connectivity index (χ4v) is 13.2. The summed E-state index contributed by atoms with van der Waals surface area (Å²) in [6.45, 7) is 16.1. The summed E-state index contributed by atoms with van der Waals surface area (Å²) in [5.41, 5.74) is 3.01. The predicted octanol–water partition coefficient (Wildman–Crippen LogP) is 9.06. The molecule has 0 radical (unpaired) electrons. The molecule has 2 aliphatic carbocycles. The minimum absolute atomic E-state index is 0.211. The van der Waals surface area contributed by atoms with E-state index in [-0.39, 0.29) is 32.5 Å². The van der Waals surface area contributed by atoms with Crippen LogP contribution in [0.25, 0.3) is 0 Å². The summed E-state index contributed by atoms with van der Waals surface area (Å²) in [5, 5.41) is 21.7. The van der Waals surface area contributed by atoms with E-state index >= 15 is 0 Å². The Balaban J connectivity index is 1.58. The number of sulfone groups is 2. The van der Waals surface area contributed by atoms with E-state index in [2.05, 4.69) is 27.7 Å². The zero-order chi connectivity index (χ0) is 37.1. The van der Waals surface area contributed by atoms with Gasteiger partial charge in [-0.25, -0.2) is 16.8 Å². The van der Waals surface area contributed by atoms with Gasteiger partial charge in [-0.1, -0.05) is 101 Å². The van der Waals surface area contributed by atoms with Crippen LogP contribution < -0.4 is 0 Å². The Labute approximate surface area is 302 Å². The molecule has 2 N–H and O–H groups in total. The van der Waals surface area contributed by atoms with Crippen LogP contribution in [0.4, 0.5) is 0 Å². The molecule has 0 heterocycles. The topological polar surface area (TPSA) is 109 Å². The van der Waals surface area contributed by atoms with Crippen LogP contribution in [-0.2, 0) is 19.7 Å². The third kappa shape index (κ3) is 8.57. The van der Waals surface area contributed by atoms with E-state index in [1.54, 1.807) is 60.7 Å². The zero-order valence-corrected chi connectivity index (χ0v) is 33.0. The molecule has 2 aromatic rings. The van der Waals surface area contributed by atoms with Crippen LogP contribution in [-0.4, -0.2) is 49.8 Å². The van der Waals surface area contributed by atoms with E-state index in [0.29, 0.717) is 12.8 Å². The van der Waals surface area contributed by atoms with Gasteiger partial charge in [-0.3, -0.25) is 0 Å². The fraction of sp³-hybridized carbons (Fsp3) is 0.571. The van der Waals surface area contributed by atoms with Crippen LogP contribution in [0.2, 0.25) is 0 Å². The quantitative estimate of drug-likeness (QED) is 0.188. The Morgan fingerprint density at radius 1 is 0.620 bits per heavy atom. The van der Waals surface area contributed by atoms with Gasteiger partial charge in [0.15, 0.2) is 19.7 Å². The number of rotatable bonds is 14. The van der Waals surface area contributed by atoms with Crippen molar-refractivity contribution in [3.05, 3.63) is 95.1 Å². The lowest BCUT2D eigenvalue weighted by molar-refractivity contribution is 0.110. The number of allylic oxidation sites excluding steroid dienone is 4. The summed E-state index contributed by atoms with van der Waals surface area (Å²) in [5.74, 6) is -0.759. The first kappa shape index (κ1) is 40.3. The number of hydrogen-bond acceptors (Lipinski definition) is 6. The van der Waals surface area contributed by atoms with Gasteiger partial charge in [0.05, 0.1) is 22.0 Å². The van der Waals surface area contributed by atoms with E-state index in [4.69, 9.17) is 0 Å². The molecule has 0 fully saturated rings. The number of aliphatic hydroxyl groups excluding tert-OH is 2. The van der Waals surface area contributed by atoms with Gasteiger partial charge < -0.3 is 10.2 Å². The summed E-state index contributed by atoms with van der Waals surface area (Å²) >= 11 is 0. The molecule has 6 nitrogen and oxygen atoms in total. The number of hydrogen-bond donors (Lipinski definition) is 2. The van der Waals surface area contributed by atoms with Gasteiger partial charge in [0.2, 0.25) is 0 Å². The molecular weight excluding hydrogens is 665 g/mol. The minimum atomic E-state index is -3.90. The van der Waals surface area contributed by atoms with Crippen molar-refractivity contribution in [3.63, 3.8) is 0 Å². The maximum Gasteiger partial charge on any atom is 0.187 e. The molecule has 276 valence electrons. The van der Waals surface area contributed by atoms with Crippen LogP contribution in [0.15, 0.2) is 105 Å². The standard InChI is InChI=1S/C42H60O6S2/c1-29-21-17-27-41(5,6)35(29)39(49(45,46)33-23-11-9-12-24-33)37(43)31(3)19-15-16-20-32(4)38(44)40(36-30(2)22-18-28-42(36,7)8)50(47,48)34-25-13-10-14-26-34/h9-16,23-26,31-32,37-40,43-44H,17-22,27-28H2,1-8H3/b16-15+. The second-order valence-corrected chi connectivity index (χ2v) is 20.4. The highest BCUT2D eigenvalue weighted by molar-refractivity contribution is 7.92. The second kappa shape index (κ2) is 16.0. The molecule has 0 saturated carbocycles. The van der Waals surface area contributed by atoms with E-state index in [0.717, 1.165) is 60.8 Å². The van der Waals surface area contributed by atoms with Crippen molar-refractivity contribution in [2.45, 2.75) is 139 Å². The number of benzene rings is 2. The summed E-state index contributed by atoms with van der Waals surface area (Å²) in [4.78, 5) is 0.422. The van der Waals surface area contributed by atoms with Crippen molar-refractivity contribution in [1.82, 2.24) is 0 Å². The first-order valence-electron chi connectivity index (χ1n) is 18.3. The van der Waals surface area contributed by atoms with Crippen molar-refractivity contribution >= 4 is 19.7 Å². The van der Waals surface area contributed by atoms with Gasteiger partial charge in [0.1, 0.15) is 10.5 Å². The lowest BCUT2D eigenvalue weighted by Crippen LogP contribution is -2.45. The Morgan fingerprint density at radius 3 is 1.24 bits per heavy atom. The molecule has 0 saturated heterocycles. The van der Waals surface area contributed by atoms with Gasteiger partial charge in [-0.05, 0) is 123 Å². The second-order valence-electron chi connectivity index (χ2n) is 16.3. The molecule has 0 amide bonds. The Morgan fingerprint density at radius 2 is 0.940 bits per heavy atom. The summed E-state index contributed by atoms with van der Waals surface area (Å²) in [6.07, 6.45) is 7.77. The highest BCUT2D eigenvalue weighted by Crippen LogP contribution is 2.48. The molecule has 2 aromatic carbocycles. The van der Waals surface area contributed by atoms with Crippen molar-refractivity contribution in [2.75, 3.05) is 0 Å². The highest BCUT2D eigenvalue weighted by atomic mass is 32.2. The van der Waals surface area contributed by atoms with Crippen LogP contribution in [0.3, 0.4) is 0 Å². The third-order valence-corrected chi connectivity index (χ3v) is 15.7. The maximum absolute atomic E-state index is 14.3. The first-order chi connectivity index (χ1) is 23.3. The monoisotopic (exact) mass is 724 g/mol. The largest absolute Gasteiger partial charge is 0.391 e. The van der Waals surface area contributed by atoms with Gasteiger partial charge in [-0.15, -0.1) is 0 Å². The van der Waals surface area contributed by atoms with Crippen molar-refractivity contribution in [1.29, 1.82) is 0 Å². The Bertz CT molecular complexity index is 1640. The van der Waals surface area contributed by atoms with Crippen LogP contribution in [0, 0.1) is 22.7 Å². The smallest absolute Gasteiger partial charge is 0.187 e. The van der Waals surface area contributed by atoms with Crippen molar-refractivity contribution in [3.8, 4) is 0 Å². The minimum Gasteiger partial charge on any atom is -0.391 e. The molecule has 8 heteroatoms. The average Bonchev–Trinajstić information content (AvgIpc) is 3.06. The zero-order valence-electron chi connectivity index (χ0n) is 31.4. The molecule has 6 atom stereocenters. The van der Waals surface area contributed by atoms with E-state index in [1.165, 1.54) is 0 Å². The van der Waals surface area contributed by atoms with E-state index in [1.807, 2.05) is 39.8 Å². The van der Waals surface area contributed by atoms with Gasteiger partial charge in [0, 0.05) is 0 Å². The van der Waals surface area contributed by atoms with Crippen LogP contribution >= 0.6 is 0 Å². The molecular formula is C42H60O6S2. The number of aliphatic hydroxyl groups is 2. The molecule has 0 aliphatic heterocycles. The Kier molecular flexibility index (Phi) is 12.9. The van der Waals surface area contributed by atoms with Crippen LogP contribution in [0.5, 0.6) is 0 Å². The molecule has 4 rings (SSSR count). The van der Waals surface area contributed by atoms with E-state index in [9.17, 15) is 27.0 Å². The Hall–Kier alpha value is -2.52. The lowest BCUT2D eigenvalue weighted by Gasteiger charge is -2.41. The average molecular weight is 725 g/mol. The van der Waals surface area contributed by atoms with Crippen LogP contribution in [0.1, 0.15) is 107 Å². The maximum atomic E-state index is 14.3. The summed E-state index contributed by atoms with van der Waals surface area (Å²) in [6, 6.07) is 16.9. The highest BCUT2D eigenvalue weighted by Gasteiger charge is 2.47. The van der Waals surface area contributed by atoms with Gasteiger partial charge in [-0.2, -0.15) is 0 Å². The van der Waals surface area contributed by atoms with Crippen molar-refractivity contribution in [2.24, 2.45) is 22.7 Å². The predicted molar refractivity (Wildman–Crippen MR) is 204 cm³/mol. The molecule has 50 heavy (non-hydrogen) atoms. The SMILES string of the molecule is CC1=C(C(C(O)C(C)C/C=C/CC(C)C(O)C(C2=C(C)CCCC2(C)C)S(=O)(=O)c2ccccc2)S(=O)(=O)c2ccccc2)C(C)(C)CCC1. The summed E-state index contributed by atoms with van der Waals surface area (Å²) < 4.78 is 57.0. The molecule has 2 aliphatic rings. The molecule has 0 bridgehead atoms. The fourth-order valence-electron chi connectivity index (χ4n) is 8.57. The van der Waals surface area contributed by atoms with Gasteiger partial charge >= 0.3 is 0 Å². The normalized spacial score (nSPS) is 22.2. The molecule has 0 spiro atoms. The molecule has 0 aromatic heterocycles. The first-order valence-corrected chi connectivity index (χ1v) is 21.4. The van der Waals surface area contributed by atoms with Crippen molar-refractivity contribution < 1.29 is 27.0 Å². The van der Waals surface area contributed by atoms with Gasteiger partial charge in [0.25, 0.3) is 0 Å². The lowest BCUT2D eigenvalue weighted by atomic mass is 9.70.